The van der Waals surface area contributed by atoms with Crippen LogP contribution in [0.25, 0.3) is 5.69 Å². The predicted molar refractivity (Wildman–Crippen MR) is 100 cm³/mol. The third kappa shape index (κ3) is 3.05. The summed E-state index contributed by atoms with van der Waals surface area (Å²) in [6, 6.07) is 16.6. The fourth-order valence-corrected chi connectivity index (χ4v) is 3.21. The van der Waals surface area contributed by atoms with Crippen molar-refractivity contribution in [1.29, 1.82) is 0 Å². The fourth-order valence-electron chi connectivity index (χ4n) is 3.21. The molecule has 0 saturated carbocycles. The number of benzene rings is 2. The normalized spacial score (nSPS) is 13.4. The van der Waals surface area contributed by atoms with Crippen LogP contribution in [0.4, 0.5) is 11.5 Å². The van der Waals surface area contributed by atoms with Gasteiger partial charge in [-0.05, 0) is 43.7 Å². The van der Waals surface area contributed by atoms with Crippen LogP contribution in [-0.2, 0) is 6.54 Å². The highest BCUT2D eigenvalue weighted by molar-refractivity contribution is 5.61. The van der Waals surface area contributed by atoms with Crippen LogP contribution in [-0.4, -0.2) is 22.9 Å². The van der Waals surface area contributed by atoms with Crippen molar-refractivity contribution in [3.05, 3.63) is 65.4 Å². The van der Waals surface area contributed by atoms with Crippen molar-refractivity contribution in [2.45, 2.75) is 20.4 Å². The highest BCUT2D eigenvalue weighted by Crippen LogP contribution is 2.33. The highest BCUT2D eigenvalue weighted by atomic mass is 16.5. The van der Waals surface area contributed by atoms with Gasteiger partial charge in [0.1, 0.15) is 18.2 Å². The summed E-state index contributed by atoms with van der Waals surface area (Å²) in [5.41, 5.74) is 11.7. The maximum absolute atomic E-state index is 6.00. The number of aryl methyl sites for hydroxylation is 2. The molecule has 0 saturated heterocycles. The quantitative estimate of drug-likeness (QED) is 0.797. The number of ether oxygens (including phenoxy) is 1. The van der Waals surface area contributed by atoms with Crippen molar-refractivity contribution in [3.63, 3.8) is 0 Å². The van der Waals surface area contributed by atoms with Gasteiger partial charge in [-0.25, -0.2) is 4.68 Å². The molecule has 0 aliphatic carbocycles. The first-order valence-electron chi connectivity index (χ1n) is 8.50. The number of hydrogen-bond acceptors (Lipinski definition) is 4. The van der Waals surface area contributed by atoms with E-state index in [9.17, 15) is 0 Å². The minimum atomic E-state index is 0.535. The molecule has 0 fully saturated rings. The summed E-state index contributed by atoms with van der Waals surface area (Å²) in [6.07, 6.45) is 0. The van der Waals surface area contributed by atoms with Gasteiger partial charge < -0.3 is 15.4 Å². The summed E-state index contributed by atoms with van der Waals surface area (Å²) >= 11 is 0. The first kappa shape index (κ1) is 15.6. The molecule has 1 aliphatic rings. The van der Waals surface area contributed by atoms with Gasteiger partial charge in [0.05, 0.1) is 30.2 Å². The number of rotatable bonds is 3. The van der Waals surface area contributed by atoms with Gasteiger partial charge >= 0.3 is 0 Å². The number of nitrogen functional groups attached to an aromatic ring is 1. The van der Waals surface area contributed by atoms with Crippen molar-refractivity contribution in [2.75, 3.05) is 23.8 Å². The molecular weight excluding hydrogens is 312 g/mol. The minimum absolute atomic E-state index is 0.535. The molecule has 0 radical (unpaired) electrons. The second-order valence-corrected chi connectivity index (χ2v) is 6.55. The monoisotopic (exact) mass is 334 g/mol. The van der Waals surface area contributed by atoms with Gasteiger partial charge in [0.15, 0.2) is 0 Å². The van der Waals surface area contributed by atoms with Crippen LogP contribution in [0.1, 0.15) is 16.8 Å². The summed E-state index contributed by atoms with van der Waals surface area (Å²) < 4.78 is 7.72. The molecule has 5 nitrogen and oxygen atoms in total. The number of anilines is 2. The number of nitrogens with zero attached hydrogens (tertiary/aromatic N) is 3. The van der Waals surface area contributed by atoms with Crippen LogP contribution in [0.2, 0.25) is 0 Å². The summed E-state index contributed by atoms with van der Waals surface area (Å²) in [4.78, 5) is 2.33. The zero-order valence-electron chi connectivity index (χ0n) is 14.6. The summed E-state index contributed by atoms with van der Waals surface area (Å²) in [5.74, 6) is 1.47. The van der Waals surface area contributed by atoms with Gasteiger partial charge in [0.2, 0.25) is 0 Å². The molecule has 0 unspecified atom stereocenters. The second kappa shape index (κ2) is 6.16. The zero-order chi connectivity index (χ0) is 17.4. The third-order valence-corrected chi connectivity index (χ3v) is 4.51. The Labute approximate surface area is 147 Å². The van der Waals surface area contributed by atoms with Crippen molar-refractivity contribution in [3.8, 4) is 11.4 Å². The van der Waals surface area contributed by atoms with Crippen LogP contribution in [0.3, 0.4) is 0 Å². The predicted octanol–water partition coefficient (Wildman–Crippen LogP) is 3.47. The summed E-state index contributed by atoms with van der Waals surface area (Å²) in [7, 11) is 0. The van der Waals surface area contributed by atoms with E-state index in [1.54, 1.807) is 0 Å². The number of aromatic nitrogens is 2. The van der Waals surface area contributed by atoms with Crippen LogP contribution in [0, 0.1) is 13.8 Å². The first-order chi connectivity index (χ1) is 12.1. The number of hydrogen-bond donors (Lipinski definition) is 1. The molecule has 128 valence electrons. The second-order valence-electron chi connectivity index (χ2n) is 6.55. The van der Waals surface area contributed by atoms with E-state index in [2.05, 4.69) is 60.2 Å². The molecule has 0 amide bonds. The van der Waals surface area contributed by atoms with Crippen molar-refractivity contribution < 1.29 is 4.74 Å². The molecule has 2 heterocycles. The van der Waals surface area contributed by atoms with E-state index in [0.717, 1.165) is 35.9 Å². The Bertz CT molecular complexity index is 899. The Morgan fingerprint density at radius 2 is 1.80 bits per heavy atom. The molecule has 5 heteroatoms. The Balaban J connectivity index is 1.69. The van der Waals surface area contributed by atoms with E-state index >= 15 is 0 Å². The molecule has 25 heavy (non-hydrogen) atoms. The van der Waals surface area contributed by atoms with Crippen LogP contribution in [0.5, 0.6) is 5.75 Å². The Morgan fingerprint density at radius 3 is 2.60 bits per heavy atom. The van der Waals surface area contributed by atoms with Gasteiger partial charge in [0, 0.05) is 6.07 Å². The minimum Gasteiger partial charge on any atom is -0.490 e. The Morgan fingerprint density at radius 1 is 1.04 bits per heavy atom. The lowest BCUT2D eigenvalue weighted by Crippen LogP contribution is -2.33. The molecule has 1 aliphatic heterocycles. The fraction of sp³-hybridized carbons (Fsp3) is 0.250. The molecule has 0 bridgehead atoms. The SMILES string of the molecule is Cc1ccc(-n2nc(N)cc2CN2CCOc3ccc(C)cc32)cc1. The van der Waals surface area contributed by atoms with Gasteiger partial charge in [-0.2, -0.15) is 5.10 Å². The molecule has 2 aromatic carbocycles. The van der Waals surface area contributed by atoms with Crippen molar-refractivity contribution in [1.82, 2.24) is 9.78 Å². The van der Waals surface area contributed by atoms with E-state index in [1.807, 2.05) is 16.8 Å². The largest absolute Gasteiger partial charge is 0.490 e. The van der Waals surface area contributed by atoms with Crippen molar-refractivity contribution in [2.24, 2.45) is 0 Å². The molecule has 0 spiro atoms. The molecular formula is C20H22N4O. The van der Waals surface area contributed by atoms with Crippen molar-refractivity contribution >= 4 is 11.5 Å². The van der Waals surface area contributed by atoms with Gasteiger partial charge in [-0.3, -0.25) is 0 Å². The van der Waals surface area contributed by atoms with Gasteiger partial charge in [-0.15, -0.1) is 0 Å². The van der Waals surface area contributed by atoms with E-state index in [1.165, 1.54) is 11.1 Å². The number of fused-ring (bicyclic) bond motifs is 1. The van der Waals surface area contributed by atoms with E-state index in [4.69, 9.17) is 10.5 Å². The maximum Gasteiger partial charge on any atom is 0.146 e. The van der Waals surface area contributed by atoms with Gasteiger partial charge in [-0.1, -0.05) is 23.8 Å². The molecule has 3 aromatic rings. The lowest BCUT2D eigenvalue weighted by Gasteiger charge is -2.31. The average molecular weight is 334 g/mol. The smallest absolute Gasteiger partial charge is 0.146 e. The lowest BCUT2D eigenvalue weighted by atomic mass is 10.1. The van der Waals surface area contributed by atoms with Gasteiger partial charge in [0.25, 0.3) is 0 Å². The van der Waals surface area contributed by atoms with Crippen LogP contribution >= 0.6 is 0 Å². The summed E-state index contributed by atoms with van der Waals surface area (Å²) in [5, 5.41) is 4.49. The van der Waals surface area contributed by atoms with E-state index < -0.39 is 0 Å². The topological polar surface area (TPSA) is 56.3 Å². The summed E-state index contributed by atoms with van der Waals surface area (Å²) in [6.45, 7) is 6.44. The highest BCUT2D eigenvalue weighted by Gasteiger charge is 2.20. The molecule has 2 N–H and O–H groups in total. The Hall–Kier alpha value is -2.95. The molecule has 1 aromatic heterocycles. The first-order valence-corrected chi connectivity index (χ1v) is 8.50. The lowest BCUT2D eigenvalue weighted by molar-refractivity contribution is 0.306. The number of nitrogens with two attached hydrogens (primary N) is 1. The average Bonchev–Trinajstić information content (AvgIpc) is 2.96. The van der Waals surface area contributed by atoms with E-state index in [0.29, 0.717) is 12.4 Å². The maximum atomic E-state index is 6.00. The molecule has 4 rings (SSSR count). The molecule has 0 atom stereocenters. The zero-order valence-corrected chi connectivity index (χ0v) is 14.6. The van der Waals surface area contributed by atoms with Crippen LogP contribution < -0.4 is 15.4 Å². The Kier molecular flexibility index (Phi) is 3.84. The van der Waals surface area contributed by atoms with Crippen LogP contribution in [0.15, 0.2) is 48.5 Å². The third-order valence-electron chi connectivity index (χ3n) is 4.51. The standard InChI is InChI=1S/C20H22N4O/c1-14-3-6-16(7-4-14)24-17(12-20(21)22-24)13-23-9-10-25-19-8-5-15(2)11-18(19)23/h3-8,11-12H,9-10,13H2,1-2H3,(H2,21,22). The van der Waals surface area contributed by atoms with E-state index in [-0.39, 0.29) is 0 Å².